The van der Waals surface area contributed by atoms with Crippen molar-refractivity contribution in [1.82, 2.24) is 0 Å². The van der Waals surface area contributed by atoms with E-state index in [9.17, 15) is 0 Å². The second-order valence-corrected chi connectivity index (χ2v) is 13.6. The highest BCUT2D eigenvalue weighted by atomic mass is 127. The van der Waals surface area contributed by atoms with Crippen molar-refractivity contribution in [2.75, 3.05) is 0 Å². The minimum atomic E-state index is 0.423. The summed E-state index contributed by atoms with van der Waals surface area (Å²) in [5.74, 6) is 2.63. The van der Waals surface area contributed by atoms with Gasteiger partial charge < -0.3 is 3.07 Å². The van der Waals surface area contributed by atoms with Gasteiger partial charge in [-0.2, -0.15) is 0 Å². The van der Waals surface area contributed by atoms with E-state index in [1.165, 1.54) is 77.0 Å². The van der Waals surface area contributed by atoms with Gasteiger partial charge in [0.05, 0.1) is 6.10 Å². The fraction of sp³-hybridized carbons (Fsp3) is 0.941. The summed E-state index contributed by atoms with van der Waals surface area (Å²) in [6.07, 6.45) is 19.5. The maximum Gasteiger partial charge on any atom is 0.110 e. The van der Waals surface area contributed by atoms with Crippen LogP contribution in [0.3, 0.4) is 0 Å². The summed E-state index contributed by atoms with van der Waals surface area (Å²) in [6.45, 7) is 27.9. The first-order valence-corrected chi connectivity index (χ1v) is 16.9. The quantitative estimate of drug-likeness (QED) is 0.221. The van der Waals surface area contributed by atoms with Crippen molar-refractivity contribution in [2.24, 2.45) is 39.4 Å². The monoisotopic (exact) mass is 616 g/mol. The molecule has 214 valence electrons. The van der Waals surface area contributed by atoms with Crippen LogP contribution in [0.25, 0.3) is 0 Å². The van der Waals surface area contributed by atoms with Crippen LogP contribution in [-0.2, 0) is 3.07 Å². The molecule has 0 unspecified atom stereocenters. The zero-order chi connectivity index (χ0) is 27.8. The lowest BCUT2D eigenvalue weighted by Gasteiger charge is -2.65. The topological polar surface area (TPSA) is 9.23 Å². The van der Waals surface area contributed by atoms with E-state index in [4.69, 9.17) is 3.07 Å². The van der Waals surface area contributed by atoms with Crippen LogP contribution in [0.1, 0.15) is 160 Å². The van der Waals surface area contributed by atoms with E-state index in [1.807, 2.05) is 27.7 Å². The maximum absolute atomic E-state index is 5.75. The van der Waals surface area contributed by atoms with Crippen LogP contribution < -0.4 is 0 Å². The summed E-state index contributed by atoms with van der Waals surface area (Å²) in [6, 6.07) is 0. The Kier molecular flexibility index (Phi) is 14.1. The van der Waals surface area contributed by atoms with Gasteiger partial charge in [-0.1, -0.05) is 120 Å². The van der Waals surface area contributed by atoms with Crippen molar-refractivity contribution in [3.05, 3.63) is 11.6 Å². The summed E-state index contributed by atoms with van der Waals surface area (Å²) in [4.78, 5) is 0. The minimum absolute atomic E-state index is 0.423. The van der Waals surface area contributed by atoms with E-state index in [1.54, 1.807) is 5.57 Å². The summed E-state index contributed by atoms with van der Waals surface area (Å²) in [7, 11) is 0. The van der Waals surface area contributed by atoms with Gasteiger partial charge in [0.15, 0.2) is 0 Å². The van der Waals surface area contributed by atoms with Crippen molar-refractivity contribution in [1.29, 1.82) is 0 Å². The fourth-order valence-corrected chi connectivity index (χ4v) is 9.72. The lowest BCUT2D eigenvalue weighted by Crippen LogP contribution is -2.57. The summed E-state index contributed by atoms with van der Waals surface area (Å²) in [5, 5.41) is 0. The molecule has 0 spiro atoms. The van der Waals surface area contributed by atoms with E-state index in [2.05, 4.69) is 84.5 Å². The highest BCUT2D eigenvalue weighted by Crippen LogP contribution is 2.75. The molecule has 0 aromatic carbocycles. The Morgan fingerprint density at radius 1 is 0.917 bits per heavy atom. The van der Waals surface area contributed by atoms with Gasteiger partial charge in [0.2, 0.25) is 0 Å². The van der Waals surface area contributed by atoms with Gasteiger partial charge in [-0.3, -0.25) is 0 Å². The zero-order valence-electron chi connectivity index (χ0n) is 26.7. The molecule has 3 fully saturated rings. The molecular weight excluding hydrogens is 551 g/mol. The number of fused-ring (bicyclic) bond motifs is 5. The molecule has 0 aliphatic heterocycles. The predicted molar refractivity (Wildman–Crippen MR) is 171 cm³/mol. The summed E-state index contributed by atoms with van der Waals surface area (Å²) >= 11 is 2.13. The standard InChI is InChI=1S/C27H45IO.C3H8.2C2H6/c1-7-8-9-19(2)26(5)16-13-23-25(4)14-10-20-18-21(29-28)11-15-24(20,3)22(25)12-17-27(23,26)6;1-3-2;2*1-2/h10,19,21-23H,7-9,11-18H2,1-6H3;3H2,1-2H3;2*1-2H3/t19-,21+,22-,23+,24+,25-,26-,27+;;;/m1.../s1. The molecule has 0 heterocycles. The van der Waals surface area contributed by atoms with Gasteiger partial charge in [-0.15, -0.1) is 0 Å². The Morgan fingerprint density at radius 3 is 2.06 bits per heavy atom. The smallest absolute Gasteiger partial charge is 0.110 e. The van der Waals surface area contributed by atoms with Gasteiger partial charge in [0, 0.05) is 0 Å². The minimum Gasteiger partial charge on any atom is -0.312 e. The van der Waals surface area contributed by atoms with E-state index in [0.717, 1.165) is 17.8 Å². The van der Waals surface area contributed by atoms with Crippen molar-refractivity contribution in [3.8, 4) is 0 Å². The molecule has 0 N–H and O–H groups in total. The Labute approximate surface area is 242 Å². The van der Waals surface area contributed by atoms with Crippen molar-refractivity contribution in [3.63, 3.8) is 0 Å². The Balaban J connectivity index is 0.000000844. The second kappa shape index (κ2) is 14.7. The number of hydrogen-bond donors (Lipinski definition) is 0. The van der Waals surface area contributed by atoms with Crippen LogP contribution in [-0.4, -0.2) is 6.10 Å². The molecule has 8 atom stereocenters. The lowest BCUT2D eigenvalue weighted by molar-refractivity contribution is -0.135. The van der Waals surface area contributed by atoms with Crippen LogP contribution in [0.4, 0.5) is 0 Å². The molecule has 0 aromatic heterocycles. The molecule has 0 saturated heterocycles. The van der Waals surface area contributed by atoms with Gasteiger partial charge in [-0.05, 0) is 90.8 Å². The zero-order valence-corrected chi connectivity index (χ0v) is 28.8. The Hall–Kier alpha value is 0.430. The number of hydrogen-bond acceptors (Lipinski definition) is 1. The molecule has 0 amide bonds. The number of unbranched alkanes of at least 4 members (excludes halogenated alkanes) is 1. The van der Waals surface area contributed by atoms with Gasteiger partial charge in [0.1, 0.15) is 23.0 Å². The van der Waals surface area contributed by atoms with Crippen molar-refractivity contribution in [2.45, 2.75) is 166 Å². The van der Waals surface area contributed by atoms with Gasteiger partial charge in [0.25, 0.3) is 0 Å². The molecule has 0 bridgehead atoms. The normalized spacial score (nSPS) is 41.4. The number of rotatable bonds is 5. The molecule has 0 aromatic rings. The molecular formula is C34H65IO. The average molecular weight is 617 g/mol. The fourth-order valence-electron chi connectivity index (χ4n) is 9.28. The van der Waals surface area contributed by atoms with Crippen LogP contribution in [0.15, 0.2) is 11.6 Å². The van der Waals surface area contributed by atoms with Crippen molar-refractivity contribution >= 4 is 23.0 Å². The highest BCUT2D eigenvalue weighted by molar-refractivity contribution is 14.1. The van der Waals surface area contributed by atoms with Crippen molar-refractivity contribution < 1.29 is 3.07 Å². The van der Waals surface area contributed by atoms with E-state index >= 15 is 0 Å². The van der Waals surface area contributed by atoms with E-state index in [0.29, 0.717) is 27.8 Å². The Morgan fingerprint density at radius 2 is 1.50 bits per heavy atom. The number of halogens is 1. The van der Waals surface area contributed by atoms with Gasteiger partial charge in [-0.25, -0.2) is 0 Å². The number of allylic oxidation sites excluding steroid dienone is 1. The van der Waals surface area contributed by atoms with Crippen LogP contribution in [0.2, 0.25) is 0 Å². The summed E-state index contributed by atoms with van der Waals surface area (Å²) < 4.78 is 5.75. The molecule has 3 saturated carbocycles. The van der Waals surface area contributed by atoms with Crippen LogP contribution in [0, 0.1) is 39.4 Å². The van der Waals surface area contributed by atoms with Crippen LogP contribution >= 0.6 is 23.0 Å². The average Bonchev–Trinajstić information content (AvgIpc) is 3.17. The molecule has 4 aliphatic carbocycles. The highest BCUT2D eigenvalue weighted by Gasteiger charge is 2.67. The SMILES string of the molecule is CC.CC.CCC.CCCC[C@@H](C)[C@@]1(C)CC[C@H]2[C@]3(C)CC=C4C[C@@H](OI)CC[C@]4(C)[C@H]3CC[C@@]21C. The third-order valence-corrected chi connectivity index (χ3v) is 12.2. The lowest BCUT2D eigenvalue weighted by atomic mass is 9.40. The van der Waals surface area contributed by atoms with Crippen LogP contribution in [0.5, 0.6) is 0 Å². The first-order valence-electron chi connectivity index (χ1n) is 16.0. The predicted octanol–water partition coefficient (Wildman–Crippen LogP) is 12.4. The maximum atomic E-state index is 5.75. The first-order chi connectivity index (χ1) is 17.1. The van der Waals surface area contributed by atoms with E-state index < -0.39 is 0 Å². The molecule has 36 heavy (non-hydrogen) atoms. The van der Waals surface area contributed by atoms with Gasteiger partial charge >= 0.3 is 0 Å². The third-order valence-electron chi connectivity index (χ3n) is 11.5. The molecule has 0 radical (unpaired) electrons. The molecule has 2 heteroatoms. The molecule has 4 rings (SSSR count). The second-order valence-electron chi connectivity index (χ2n) is 13.1. The third kappa shape index (κ3) is 6.10. The first kappa shape index (κ1) is 34.5. The molecule has 4 aliphatic rings. The summed E-state index contributed by atoms with van der Waals surface area (Å²) in [5.41, 5.74) is 3.71. The van der Waals surface area contributed by atoms with E-state index in [-0.39, 0.29) is 0 Å². The molecule has 1 nitrogen and oxygen atoms in total. The largest absolute Gasteiger partial charge is 0.312 e. The Bertz CT molecular complexity index is 672.